The Morgan fingerprint density at radius 3 is 2.78 bits per heavy atom. The highest BCUT2D eigenvalue weighted by atomic mass is 35.5. The van der Waals surface area contributed by atoms with Crippen LogP contribution in [-0.2, 0) is 4.74 Å². The van der Waals surface area contributed by atoms with Crippen LogP contribution in [0.5, 0.6) is 0 Å². The van der Waals surface area contributed by atoms with E-state index in [-0.39, 0.29) is 11.8 Å². The number of allylic oxidation sites excluding steroid dienone is 3. The molecule has 0 amide bonds. The second-order valence-corrected chi connectivity index (χ2v) is 9.00. The third-order valence-electron chi connectivity index (χ3n) is 5.72. The van der Waals surface area contributed by atoms with Gasteiger partial charge in [0.2, 0.25) is 0 Å². The van der Waals surface area contributed by atoms with Gasteiger partial charge in [-0.1, -0.05) is 48.0 Å². The van der Waals surface area contributed by atoms with Gasteiger partial charge in [-0.05, 0) is 66.0 Å². The van der Waals surface area contributed by atoms with Gasteiger partial charge >= 0.3 is 6.36 Å². The fourth-order valence-electron chi connectivity index (χ4n) is 4.07. The van der Waals surface area contributed by atoms with E-state index in [0.717, 1.165) is 27.4 Å². The standard InChI is InChI=1S/C26H19ClF3N5OS/c27-21-3-1-2-4-22(21)33-25(37)34-32-14-16-5-11-20-17(13-16)6-12-23-24(20)31-15-35(23)18-7-9-19(10-8-18)36-26(28,29)30/h1-7,9-15,18H,8H2,(H2,33,34,37)/b32-14+. The predicted octanol–water partition coefficient (Wildman–Crippen LogP) is 7.08. The van der Waals surface area contributed by atoms with E-state index in [1.165, 1.54) is 12.2 Å². The molecule has 1 heterocycles. The van der Waals surface area contributed by atoms with E-state index in [1.807, 2.05) is 53.1 Å². The quantitative estimate of drug-likeness (QED) is 0.160. The van der Waals surface area contributed by atoms with E-state index < -0.39 is 6.36 Å². The van der Waals surface area contributed by atoms with Crippen molar-refractivity contribution in [1.29, 1.82) is 0 Å². The van der Waals surface area contributed by atoms with E-state index in [1.54, 1.807) is 24.7 Å². The molecule has 5 rings (SSSR count). The predicted molar refractivity (Wildman–Crippen MR) is 144 cm³/mol. The first-order chi connectivity index (χ1) is 17.8. The minimum Gasteiger partial charge on any atom is -0.406 e. The summed E-state index contributed by atoms with van der Waals surface area (Å²) in [5.41, 5.74) is 6.00. The van der Waals surface area contributed by atoms with Crippen molar-refractivity contribution in [2.24, 2.45) is 5.10 Å². The highest BCUT2D eigenvalue weighted by Gasteiger charge is 2.32. The molecule has 1 aromatic heterocycles. The zero-order chi connectivity index (χ0) is 26.0. The number of benzene rings is 3. The normalized spacial score (nSPS) is 15.8. The SMILES string of the molecule is FC(F)(F)OC1=CCC(n2cnc3c4ccc(/C=N/NC(=S)Nc5ccccc5Cl)cc4ccc32)C=C1. The smallest absolute Gasteiger partial charge is 0.406 e. The van der Waals surface area contributed by atoms with Crippen molar-refractivity contribution in [3.63, 3.8) is 0 Å². The Kier molecular flexibility index (Phi) is 6.86. The number of nitrogens with zero attached hydrogens (tertiary/aromatic N) is 3. The number of hydrazone groups is 1. The van der Waals surface area contributed by atoms with Crippen molar-refractivity contribution < 1.29 is 17.9 Å². The Bertz CT molecular complexity index is 1580. The lowest BCUT2D eigenvalue weighted by atomic mass is 10.0. The van der Waals surface area contributed by atoms with Gasteiger partial charge in [0.25, 0.3) is 0 Å². The fourth-order valence-corrected chi connectivity index (χ4v) is 4.42. The maximum absolute atomic E-state index is 12.5. The molecule has 11 heteroatoms. The number of hydrogen-bond acceptors (Lipinski definition) is 4. The Hall–Kier alpha value is -3.89. The van der Waals surface area contributed by atoms with Crippen molar-refractivity contribution in [3.8, 4) is 0 Å². The van der Waals surface area contributed by atoms with Gasteiger partial charge in [-0.25, -0.2) is 4.98 Å². The molecule has 6 nitrogen and oxygen atoms in total. The molecule has 0 aliphatic heterocycles. The average Bonchev–Trinajstić information content (AvgIpc) is 3.29. The molecule has 1 atom stereocenters. The number of nitrogens with one attached hydrogen (secondary N) is 2. The van der Waals surface area contributed by atoms with Crippen LogP contribution in [0, 0.1) is 0 Å². The summed E-state index contributed by atoms with van der Waals surface area (Å²) in [6, 6.07) is 16.9. The highest BCUT2D eigenvalue weighted by Crippen LogP contribution is 2.31. The van der Waals surface area contributed by atoms with E-state index in [4.69, 9.17) is 23.8 Å². The van der Waals surface area contributed by atoms with Crippen LogP contribution >= 0.6 is 23.8 Å². The lowest BCUT2D eigenvalue weighted by Crippen LogP contribution is -2.23. The van der Waals surface area contributed by atoms with Crippen LogP contribution in [0.25, 0.3) is 21.8 Å². The summed E-state index contributed by atoms with van der Waals surface area (Å²) >= 11 is 11.4. The van der Waals surface area contributed by atoms with E-state index in [2.05, 4.69) is 25.6 Å². The minimum absolute atomic E-state index is 0.163. The largest absolute Gasteiger partial charge is 0.573 e. The molecule has 0 bridgehead atoms. The van der Waals surface area contributed by atoms with Crippen LogP contribution in [0.15, 0.2) is 90.0 Å². The summed E-state index contributed by atoms with van der Waals surface area (Å²) in [5, 5.41) is 9.96. The molecule has 1 aliphatic rings. The molecule has 0 fully saturated rings. The van der Waals surface area contributed by atoms with E-state index in [9.17, 15) is 13.2 Å². The van der Waals surface area contributed by atoms with Crippen molar-refractivity contribution >= 4 is 62.6 Å². The first-order valence-corrected chi connectivity index (χ1v) is 11.9. The second-order valence-electron chi connectivity index (χ2n) is 8.19. The second kappa shape index (κ2) is 10.2. The molecule has 0 saturated heterocycles. The van der Waals surface area contributed by atoms with Crippen LogP contribution in [-0.4, -0.2) is 27.2 Å². The molecule has 188 valence electrons. The van der Waals surface area contributed by atoms with E-state index in [0.29, 0.717) is 22.2 Å². The number of thiocarbonyl (C=S) groups is 1. The lowest BCUT2D eigenvalue weighted by molar-refractivity contribution is -0.303. The summed E-state index contributed by atoms with van der Waals surface area (Å²) in [7, 11) is 0. The van der Waals surface area contributed by atoms with Gasteiger partial charge < -0.3 is 14.6 Å². The Morgan fingerprint density at radius 2 is 2.03 bits per heavy atom. The number of fused-ring (bicyclic) bond motifs is 3. The third kappa shape index (κ3) is 5.76. The number of aromatic nitrogens is 2. The van der Waals surface area contributed by atoms with Crippen molar-refractivity contribution in [2.45, 2.75) is 18.8 Å². The van der Waals surface area contributed by atoms with Gasteiger partial charge in [-0.15, -0.1) is 13.2 Å². The number of halogens is 4. The van der Waals surface area contributed by atoms with Gasteiger partial charge in [0.1, 0.15) is 5.76 Å². The van der Waals surface area contributed by atoms with Crippen molar-refractivity contribution in [3.05, 3.63) is 95.5 Å². The fraction of sp³-hybridized carbons (Fsp3) is 0.115. The van der Waals surface area contributed by atoms with Crippen LogP contribution in [0.3, 0.4) is 0 Å². The Balaban J connectivity index is 1.29. The Morgan fingerprint density at radius 1 is 1.19 bits per heavy atom. The molecule has 37 heavy (non-hydrogen) atoms. The number of alkyl halides is 3. The molecule has 4 aromatic rings. The summed E-state index contributed by atoms with van der Waals surface area (Å²) in [6.07, 6.45) is 3.47. The summed E-state index contributed by atoms with van der Waals surface area (Å²) in [4.78, 5) is 4.58. The lowest BCUT2D eigenvalue weighted by Gasteiger charge is -2.19. The molecule has 1 unspecified atom stereocenters. The van der Waals surface area contributed by atoms with Crippen molar-refractivity contribution in [1.82, 2.24) is 15.0 Å². The number of anilines is 1. The van der Waals surface area contributed by atoms with Crippen LogP contribution in [0.4, 0.5) is 18.9 Å². The van der Waals surface area contributed by atoms with Gasteiger partial charge in [0.05, 0.1) is 40.3 Å². The average molecular weight is 542 g/mol. The molecular formula is C26H19ClF3N5OS. The van der Waals surface area contributed by atoms with Crippen molar-refractivity contribution in [2.75, 3.05) is 5.32 Å². The van der Waals surface area contributed by atoms with Gasteiger partial charge in [0.15, 0.2) is 5.11 Å². The molecular weight excluding hydrogens is 523 g/mol. The van der Waals surface area contributed by atoms with Crippen LogP contribution in [0.1, 0.15) is 18.0 Å². The summed E-state index contributed by atoms with van der Waals surface area (Å²) < 4.78 is 43.3. The zero-order valence-electron chi connectivity index (χ0n) is 19.0. The molecule has 1 aliphatic carbocycles. The summed E-state index contributed by atoms with van der Waals surface area (Å²) in [6.45, 7) is 0. The monoisotopic (exact) mass is 541 g/mol. The Labute approximate surface area is 220 Å². The number of hydrogen-bond donors (Lipinski definition) is 2. The first-order valence-electron chi connectivity index (χ1n) is 11.1. The maximum Gasteiger partial charge on any atom is 0.573 e. The first kappa shape index (κ1) is 24.8. The van der Waals surface area contributed by atoms with Crippen LogP contribution < -0.4 is 10.7 Å². The number of imidazole rings is 1. The summed E-state index contributed by atoms with van der Waals surface area (Å²) in [5.74, 6) is -0.206. The van der Waals surface area contributed by atoms with Gasteiger partial charge in [0, 0.05) is 5.39 Å². The topological polar surface area (TPSA) is 63.5 Å². The molecule has 0 radical (unpaired) electrons. The zero-order valence-corrected chi connectivity index (χ0v) is 20.6. The number of rotatable bonds is 5. The highest BCUT2D eigenvalue weighted by molar-refractivity contribution is 7.80. The van der Waals surface area contributed by atoms with Crippen LogP contribution in [0.2, 0.25) is 5.02 Å². The number of ether oxygens (including phenoxy) is 1. The van der Waals surface area contributed by atoms with E-state index >= 15 is 0 Å². The van der Waals surface area contributed by atoms with Gasteiger partial charge in [-0.3, -0.25) is 5.43 Å². The maximum atomic E-state index is 12.5. The third-order valence-corrected chi connectivity index (χ3v) is 6.24. The minimum atomic E-state index is -4.71. The molecule has 0 saturated carbocycles. The molecule has 0 spiro atoms. The molecule has 3 aromatic carbocycles. The molecule has 2 N–H and O–H groups in total. The number of para-hydroxylation sites is 1. The van der Waals surface area contributed by atoms with Gasteiger partial charge in [-0.2, -0.15) is 5.10 Å².